The summed E-state index contributed by atoms with van der Waals surface area (Å²) in [6, 6.07) is 0.204. The van der Waals surface area contributed by atoms with Crippen LogP contribution < -0.4 is 5.32 Å². The van der Waals surface area contributed by atoms with Crippen molar-refractivity contribution in [3.63, 3.8) is 0 Å². The first kappa shape index (κ1) is 12.8. The molecule has 2 aliphatic rings. The van der Waals surface area contributed by atoms with Crippen LogP contribution in [0, 0.1) is 5.92 Å². The number of hydrogen-bond donors (Lipinski definition) is 1. The SMILES string of the molecule is CC1NCCCC1C(=O)N1CCS(=O)(=O)CC1. The second-order valence-corrected chi connectivity index (χ2v) is 7.27. The van der Waals surface area contributed by atoms with E-state index in [-0.39, 0.29) is 29.4 Å². The van der Waals surface area contributed by atoms with E-state index < -0.39 is 9.84 Å². The Morgan fingerprint density at radius 2 is 1.94 bits per heavy atom. The molecular formula is C11H20N2O3S. The average Bonchev–Trinajstić information content (AvgIpc) is 2.29. The first-order valence-electron chi connectivity index (χ1n) is 6.22. The molecule has 5 nitrogen and oxygen atoms in total. The van der Waals surface area contributed by atoms with Crippen LogP contribution in [0.4, 0.5) is 0 Å². The number of piperidine rings is 1. The molecule has 98 valence electrons. The van der Waals surface area contributed by atoms with Gasteiger partial charge in [0.25, 0.3) is 0 Å². The molecule has 0 aromatic carbocycles. The molecule has 0 aliphatic carbocycles. The van der Waals surface area contributed by atoms with Gasteiger partial charge in [-0.15, -0.1) is 0 Å². The molecule has 0 radical (unpaired) electrons. The van der Waals surface area contributed by atoms with E-state index in [1.807, 2.05) is 6.92 Å². The van der Waals surface area contributed by atoms with Gasteiger partial charge in [-0.3, -0.25) is 4.79 Å². The third-order valence-electron chi connectivity index (χ3n) is 3.74. The minimum absolute atomic E-state index is 0.0181. The number of sulfone groups is 1. The highest BCUT2D eigenvalue weighted by Gasteiger charge is 2.33. The third kappa shape index (κ3) is 2.98. The van der Waals surface area contributed by atoms with Crippen LogP contribution >= 0.6 is 0 Å². The van der Waals surface area contributed by atoms with E-state index >= 15 is 0 Å². The molecule has 2 saturated heterocycles. The van der Waals surface area contributed by atoms with Crippen LogP contribution in [0.25, 0.3) is 0 Å². The van der Waals surface area contributed by atoms with Gasteiger partial charge in [0.05, 0.1) is 17.4 Å². The summed E-state index contributed by atoms with van der Waals surface area (Å²) in [4.78, 5) is 14.0. The van der Waals surface area contributed by atoms with Gasteiger partial charge in [-0.05, 0) is 26.3 Å². The van der Waals surface area contributed by atoms with Crippen LogP contribution in [0.2, 0.25) is 0 Å². The van der Waals surface area contributed by atoms with Crippen LogP contribution in [-0.2, 0) is 14.6 Å². The zero-order chi connectivity index (χ0) is 12.5. The number of nitrogens with one attached hydrogen (secondary N) is 1. The van der Waals surface area contributed by atoms with Gasteiger partial charge in [0, 0.05) is 19.1 Å². The summed E-state index contributed by atoms with van der Waals surface area (Å²) in [5, 5.41) is 3.30. The molecular weight excluding hydrogens is 240 g/mol. The molecule has 0 aromatic heterocycles. The number of amides is 1. The van der Waals surface area contributed by atoms with E-state index in [4.69, 9.17) is 0 Å². The smallest absolute Gasteiger partial charge is 0.227 e. The Morgan fingerprint density at radius 3 is 2.53 bits per heavy atom. The number of rotatable bonds is 1. The van der Waals surface area contributed by atoms with Crippen LogP contribution in [0.5, 0.6) is 0 Å². The van der Waals surface area contributed by atoms with Crippen molar-refractivity contribution in [2.24, 2.45) is 5.92 Å². The quantitative estimate of drug-likeness (QED) is 0.698. The van der Waals surface area contributed by atoms with Crippen molar-refractivity contribution in [2.75, 3.05) is 31.1 Å². The third-order valence-corrected chi connectivity index (χ3v) is 5.34. The van der Waals surface area contributed by atoms with Crippen molar-refractivity contribution in [2.45, 2.75) is 25.8 Å². The highest BCUT2D eigenvalue weighted by Crippen LogP contribution is 2.20. The van der Waals surface area contributed by atoms with Crippen molar-refractivity contribution in [1.29, 1.82) is 0 Å². The maximum atomic E-state index is 12.3. The van der Waals surface area contributed by atoms with Crippen LogP contribution in [-0.4, -0.2) is 56.4 Å². The summed E-state index contributed by atoms with van der Waals surface area (Å²) in [5.41, 5.74) is 0. The zero-order valence-corrected chi connectivity index (χ0v) is 11.0. The van der Waals surface area contributed by atoms with Gasteiger partial charge in [-0.2, -0.15) is 0 Å². The van der Waals surface area contributed by atoms with Crippen molar-refractivity contribution in [3.05, 3.63) is 0 Å². The number of hydrogen-bond acceptors (Lipinski definition) is 4. The second-order valence-electron chi connectivity index (χ2n) is 4.97. The summed E-state index contributed by atoms with van der Waals surface area (Å²) >= 11 is 0. The maximum absolute atomic E-state index is 12.3. The van der Waals surface area contributed by atoms with Crippen LogP contribution in [0.1, 0.15) is 19.8 Å². The van der Waals surface area contributed by atoms with E-state index in [1.54, 1.807) is 4.90 Å². The molecule has 0 aromatic rings. The Balaban J connectivity index is 1.96. The van der Waals surface area contributed by atoms with E-state index in [0.717, 1.165) is 19.4 Å². The molecule has 17 heavy (non-hydrogen) atoms. The Kier molecular flexibility index (Phi) is 3.73. The topological polar surface area (TPSA) is 66.5 Å². The fraction of sp³-hybridized carbons (Fsp3) is 0.909. The Morgan fingerprint density at radius 1 is 1.29 bits per heavy atom. The second kappa shape index (κ2) is 4.94. The fourth-order valence-corrected chi connectivity index (χ4v) is 3.75. The summed E-state index contributed by atoms with van der Waals surface area (Å²) in [7, 11) is -2.90. The predicted octanol–water partition coefficient (Wildman–Crippen LogP) is -0.368. The first-order chi connectivity index (χ1) is 7.99. The van der Waals surface area contributed by atoms with E-state index in [1.165, 1.54) is 0 Å². The molecule has 2 fully saturated rings. The molecule has 2 rings (SSSR count). The number of nitrogens with zero attached hydrogens (tertiary/aromatic N) is 1. The van der Waals surface area contributed by atoms with Crippen molar-refractivity contribution in [1.82, 2.24) is 10.2 Å². The van der Waals surface area contributed by atoms with Gasteiger partial charge in [-0.25, -0.2) is 8.42 Å². The zero-order valence-electron chi connectivity index (χ0n) is 10.2. The molecule has 2 atom stereocenters. The lowest BCUT2D eigenvalue weighted by Gasteiger charge is -2.35. The lowest BCUT2D eigenvalue weighted by molar-refractivity contribution is -0.136. The molecule has 2 aliphatic heterocycles. The normalized spacial score (nSPS) is 33.4. The minimum atomic E-state index is -2.90. The van der Waals surface area contributed by atoms with Crippen LogP contribution in [0.3, 0.4) is 0 Å². The maximum Gasteiger partial charge on any atom is 0.227 e. The summed E-state index contributed by atoms with van der Waals surface area (Å²) < 4.78 is 22.6. The van der Waals surface area contributed by atoms with Crippen molar-refractivity contribution >= 4 is 15.7 Å². The van der Waals surface area contributed by atoms with Gasteiger partial charge in [-0.1, -0.05) is 0 Å². The summed E-state index contributed by atoms with van der Waals surface area (Å²) in [5.74, 6) is 0.379. The van der Waals surface area contributed by atoms with Gasteiger partial charge < -0.3 is 10.2 Å². The number of carbonyl (C=O) groups is 1. The minimum Gasteiger partial charge on any atom is -0.340 e. The van der Waals surface area contributed by atoms with E-state index in [9.17, 15) is 13.2 Å². The van der Waals surface area contributed by atoms with Gasteiger partial charge in [0.1, 0.15) is 0 Å². The van der Waals surface area contributed by atoms with Crippen LogP contribution in [0.15, 0.2) is 0 Å². The Hall–Kier alpha value is -0.620. The largest absolute Gasteiger partial charge is 0.340 e. The molecule has 0 bridgehead atoms. The molecule has 2 unspecified atom stereocenters. The lowest BCUT2D eigenvalue weighted by Crippen LogP contribution is -2.51. The average molecular weight is 260 g/mol. The monoisotopic (exact) mass is 260 g/mol. The van der Waals surface area contributed by atoms with Crippen molar-refractivity contribution < 1.29 is 13.2 Å². The van der Waals surface area contributed by atoms with Crippen molar-refractivity contribution in [3.8, 4) is 0 Å². The Labute approximate surface area is 102 Å². The van der Waals surface area contributed by atoms with Gasteiger partial charge in [0.2, 0.25) is 5.91 Å². The highest BCUT2D eigenvalue weighted by molar-refractivity contribution is 7.91. The van der Waals surface area contributed by atoms with Gasteiger partial charge >= 0.3 is 0 Å². The molecule has 1 N–H and O–H groups in total. The molecule has 1 amide bonds. The molecule has 2 heterocycles. The Bertz CT molecular complexity index is 380. The molecule has 0 saturated carbocycles. The molecule has 6 heteroatoms. The van der Waals surface area contributed by atoms with E-state index in [0.29, 0.717) is 13.1 Å². The number of carbonyl (C=O) groups excluding carboxylic acids is 1. The molecule has 0 spiro atoms. The van der Waals surface area contributed by atoms with E-state index in [2.05, 4.69) is 5.32 Å². The first-order valence-corrected chi connectivity index (χ1v) is 8.04. The lowest BCUT2D eigenvalue weighted by atomic mass is 9.90. The fourth-order valence-electron chi connectivity index (χ4n) is 2.55. The predicted molar refractivity (Wildman–Crippen MR) is 65.4 cm³/mol. The van der Waals surface area contributed by atoms with Gasteiger partial charge in [0.15, 0.2) is 9.84 Å². The summed E-state index contributed by atoms with van der Waals surface area (Å²) in [6.45, 7) is 3.73. The highest BCUT2D eigenvalue weighted by atomic mass is 32.2. The standard InChI is InChI=1S/C11H20N2O3S/c1-9-10(3-2-4-12-9)11(14)13-5-7-17(15,16)8-6-13/h9-10,12H,2-8H2,1H3. The summed E-state index contributed by atoms with van der Waals surface area (Å²) in [6.07, 6.45) is 1.93.